The second-order valence-electron chi connectivity index (χ2n) is 5.86. The van der Waals surface area contributed by atoms with Gasteiger partial charge >= 0.3 is 0 Å². The Bertz CT molecular complexity index is 836. The minimum absolute atomic E-state index is 0.157. The van der Waals surface area contributed by atoms with Gasteiger partial charge in [-0.05, 0) is 49.4 Å². The summed E-state index contributed by atoms with van der Waals surface area (Å²) >= 11 is 6.11. The lowest BCUT2D eigenvalue weighted by atomic mass is 10.3. The van der Waals surface area contributed by atoms with E-state index in [0.717, 1.165) is 13.0 Å². The zero-order chi connectivity index (χ0) is 17.9. The molecule has 0 unspecified atom stereocenters. The number of anilines is 2. The largest absolute Gasteiger partial charge is 0.399 e. The molecule has 0 aliphatic carbocycles. The van der Waals surface area contributed by atoms with Crippen molar-refractivity contribution in [2.45, 2.75) is 11.3 Å². The zero-order valence-corrected chi connectivity index (χ0v) is 15.3. The molecule has 0 atom stereocenters. The first-order chi connectivity index (χ1) is 12.0. The minimum atomic E-state index is -3.82. The molecule has 0 aromatic heterocycles. The van der Waals surface area contributed by atoms with Crippen molar-refractivity contribution in [3.05, 3.63) is 53.6 Å². The third-order valence-electron chi connectivity index (χ3n) is 3.99. The van der Waals surface area contributed by atoms with Crippen molar-refractivity contribution >= 4 is 33.0 Å². The van der Waals surface area contributed by atoms with E-state index in [1.807, 2.05) is 5.01 Å². The summed E-state index contributed by atoms with van der Waals surface area (Å²) in [5, 5.41) is 5.61. The highest BCUT2D eigenvalue weighted by Gasteiger charge is 2.31. The molecular weight excluding hydrogens is 360 g/mol. The van der Waals surface area contributed by atoms with Crippen LogP contribution < -0.4 is 15.5 Å². The van der Waals surface area contributed by atoms with Gasteiger partial charge < -0.3 is 11.1 Å². The van der Waals surface area contributed by atoms with Gasteiger partial charge in [-0.15, -0.1) is 0 Å². The molecule has 2 aromatic carbocycles. The Balaban J connectivity index is 2.09. The highest BCUT2D eigenvalue weighted by Crippen LogP contribution is 2.29. The molecule has 1 aliphatic rings. The van der Waals surface area contributed by atoms with Gasteiger partial charge in [-0.3, -0.25) is 0 Å². The molecule has 1 fully saturated rings. The van der Waals surface area contributed by atoms with E-state index in [1.165, 1.54) is 10.5 Å². The van der Waals surface area contributed by atoms with E-state index in [9.17, 15) is 8.42 Å². The molecular formula is C17H21ClN4O2S. The van der Waals surface area contributed by atoms with E-state index >= 15 is 0 Å². The summed E-state index contributed by atoms with van der Waals surface area (Å²) in [5.41, 5.74) is 6.71. The van der Waals surface area contributed by atoms with Crippen molar-refractivity contribution in [3.8, 4) is 0 Å². The van der Waals surface area contributed by atoms with Crippen LogP contribution >= 0.6 is 11.6 Å². The second-order valence-corrected chi connectivity index (χ2v) is 8.06. The summed E-state index contributed by atoms with van der Waals surface area (Å²) in [6.07, 6.45) is 0.851. The minimum Gasteiger partial charge on any atom is -0.399 e. The first-order valence-corrected chi connectivity index (χ1v) is 9.92. The van der Waals surface area contributed by atoms with Gasteiger partial charge in [-0.25, -0.2) is 5.01 Å². The number of hydrazine groups is 1. The molecule has 0 bridgehead atoms. The SMILES string of the molecule is Nc1cccc(S(=O)(=O)N(c2cccc(Cl)c2)N2CCCNCC2)c1. The molecule has 3 N–H and O–H groups in total. The summed E-state index contributed by atoms with van der Waals surface area (Å²) in [5.74, 6) is 0. The van der Waals surface area contributed by atoms with Gasteiger partial charge in [0.25, 0.3) is 10.0 Å². The number of hydrogen-bond acceptors (Lipinski definition) is 5. The molecule has 6 nitrogen and oxygen atoms in total. The Labute approximate surface area is 153 Å². The smallest absolute Gasteiger partial charge is 0.278 e. The normalized spacial score (nSPS) is 16.4. The van der Waals surface area contributed by atoms with Crippen LogP contribution in [0.25, 0.3) is 0 Å². The van der Waals surface area contributed by atoms with Crippen LogP contribution in [0.2, 0.25) is 5.02 Å². The van der Waals surface area contributed by atoms with Crippen LogP contribution in [-0.4, -0.2) is 39.6 Å². The van der Waals surface area contributed by atoms with E-state index in [4.69, 9.17) is 17.3 Å². The Hall–Kier alpha value is -1.80. The number of nitrogens with one attached hydrogen (secondary N) is 1. The number of rotatable bonds is 4. The maximum absolute atomic E-state index is 13.4. The fourth-order valence-corrected chi connectivity index (χ4v) is 4.62. The fraction of sp³-hybridized carbons (Fsp3) is 0.294. The quantitative estimate of drug-likeness (QED) is 0.796. The van der Waals surface area contributed by atoms with Crippen molar-refractivity contribution in [2.24, 2.45) is 0 Å². The lowest BCUT2D eigenvalue weighted by molar-refractivity contribution is 0.307. The predicted octanol–water partition coefficient (Wildman–Crippen LogP) is 2.33. The van der Waals surface area contributed by atoms with Crippen LogP contribution in [0.15, 0.2) is 53.4 Å². The Morgan fingerprint density at radius 1 is 1.08 bits per heavy atom. The summed E-state index contributed by atoms with van der Waals surface area (Å²) in [6, 6.07) is 13.2. The Morgan fingerprint density at radius 2 is 1.88 bits per heavy atom. The van der Waals surface area contributed by atoms with Crippen LogP contribution in [0.5, 0.6) is 0 Å². The average molecular weight is 381 g/mol. The maximum atomic E-state index is 13.4. The van der Waals surface area contributed by atoms with Crippen LogP contribution in [0.1, 0.15) is 6.42 Å². The molecule has 0 saturated carbocycles. The highest BCUT2D eigenvalue weighted by atomic mass is 35.5. The Kier molecular flexibility index (Phi) is 5.48. The molecule has 1 heterocycles. The topological polar surface area (TPSA) is 78.7 Å². The van der Waals surface area contributed by atoms with Crippen molar-refractivity contribution in [2.75, 3.05) is 36.3 Å². The number of sulfonamides is 1. The first kappa shape index (κ1) is 18.0. The summed E-state index contributed by atoms with van der Waals surface area (Å²) in [4.78, 5) is 0.157. The van der Waals surface area contributed by atoms with Crippen LogP contribution in [0.4, 0.5) is 11.4 Å². The lowest BCUT2D eigenvalue weighted by Gasteiger charge is -2.34. The number of nitrogen functional groups attached to an aromatic ring is 1. The number of halogens is 1. The molecule has 8 heteroatoms. The summed E-state index contributed by atoms with van der Waals surface area (Å²) < 4.78 is 28.1. The van der Waals surface area contributed by atoms with E-state index in [0.29, 0.717) is 36.0 Å². The van der Waals surface area contributed by atoms with Gasteiger partial charge in [0.15, 0.2) is 0 Å². The monoisotopic (exact) mass is 380 g/mol. The number of nitrogens with two attached hydrogens (primary N) is 1. The standard InChI is InChI=1S/C17H21ClN4O2S/c18-14-4-1-6-16(12-14)22(21-10-3-8-20-9-11-21)25(23,24)17-7-2-5-15(19)13-17/h1-2,4-7,12-13,20H,3,8-11,19H2. The maximum Gasteiger partial charge on any atom is 0.278 e. The molecule has 2 aromatic rings. The molecule has 3 rings (SSSR count). The fourth-order valence-electron chi connectivity index (χ4n) is 2.84. The molecule has 0 spiro atoms. The van der Waals surface area contributed by atoms with Crippen LogP contribution in [0, 0.1) is 0 Å². The van der Waals surface area contributed by atoms with Gasteiger partial charge in [0.05, 0.1) is 10.6 Å². The Morgan fingerprint density at radius 3 is 2.64 bits per heavy atom. The van der Waals surface area contributed by atoms with E-state index in [1.54, 1.807) is 42.5 Å². The second kappa shape index (κ2) is 7.61. The van der Waals surface area contributed by atoms with Gasteiger partial charge in [0.1, 0.15) is 0 Å². The van der Waals surface area contributed by atoms with Crippen molar-refractivity contribution in [1.82, 2.24) is 10.3 Å². The molecule has 0 radical (unpaired) electrons. The summed E-state index contributed by atoms with van der Waals surface area (Å²) in [6.45, 7) is 2.77. The van der Waals surface area contributed by atoms with Gasteiger partial charge in [-0.1, -0.05) is 23.7 Å². The first-order valence-electron chi connectivity index (χ1n) is 8.10. The van der Waals surface area contributed by atoms with Crippen LogP contribution in [-0.2, 0) is 10.0 Å². The lowest BCUT2D eigenvalue weighted by Crippen LogP contribution is -2.48. The predicted molar refractivity (Wildman–Crippen MR) is 101 cm³/mol. The zero-order valence-electron chi connectivity index (χ0n) is 13.7. The highest BCUT2D eigenvalue weighted by molar-refractivity contribution is 7.92. The van der Waals surface area contributed by atoms with E-state index in [-0.39, 0.29) is 4.90 Å². The summed E-state index contributed by atoms with van der Waals surface area (Å²) in [7, 11) is -3.82. The van der Waals surface area contributed by atoms with Crippen molar-refractivity contribution in [3.63, 3.8) is 0 Å². The van der Waals surface area contributed by atoms with Crippen molar-refractivity contribution < 1.29 is 8.42 Å². The number of hydrogen-bond donors (Lipinski definition) is 2. The molecule has 0 amide bonds. The average Bonchev–Trinajstić information content (AvgIpc) is 2.84. The third-order valence-corrected chi connectivity index (χ3v) is 5.97. The van der Waals surface area contributed by atoms with Gasteiger partial charge in [0, 0.05) is 30.3 Å². The third kappa shape index (κ3) is 4.07. The van der Waals surface area contributed by atoms with Gasteiger partial charge in [0.2, 0.25) is 0 Å². The van der Waals surface area contributed by atoms with E-state index < -0.39 is 10.0 Å². The van der Waals surface area contributed by atoms with Crippen molar-refractivity contribution in [1.29, 1.82) is 0 Å². The molecule has 134 valence electrons. The number of nitrogens with zero attached hydrogens (tertiary/aromatic N) is 2. The van der Waals surface area contributed by atoms with E-state index in [2.05, 4.69) is 5.32 Å². The molecule has 1 aliphatic heterocycles. The molecule has 1 saturated heterocycles. The van der Waals surface area contributed by atoms with Gasteiger partial charge in [-0.2, -0.15) is 12.8 Å². The van der Waals surface area contributed by atoms with Crippen LogP contribution in [0.3, 0.4) is 0 Å². The molecule has 25 heavy (non-hydrogen) atoms. The number of benzene rings is 2.